The molecule has 1 saturated heterocycles. The summed E-state index contributed by atoms with van der Waals surface area (Å²) >= 11 is 3.55. The molecule has 1 aliphatic rings. The first kappa shape index (κ1) is 18.3. The first-order valence-electron chi connectivity index (χ1n) is 8.10. The Morgan fingerprint density at radius 2 is 2.04 bits per heavy atom. The number of halogens is 1. The van der Waals surface area contributed by atoms with Crippen LogP contribution in [0.5, 0.6) is 0 Å². The molecule has 128 valence electrons. The molecule has 0 aromatic heterocycles. The van der Waals surface area contributed by atoms with Gasteiger partial charge < -0.3 is 14.4 Å². The van der Waals surface area contributed by atoms with Crippen molar-refractivity contribution in [3.63, 3.8) is 0 Å². The Kier molecular flexibility index (Phi) is 5.74. The largest absolute Gasteiger partial charge is 0.444 e. The number of carbonyl (C=O) groups excluding carboxylic acids is 1. The third-order valence-electron chi connectivity index (χ3n) is 4.10. The van der Waals surface area contributed by atoms with E-state index >= 15 is 0 Å². The number of nitrogens with zero attached hydrogens (tertiary/aromatic N) is 1. The zero-order chi connectivity index (χ0) is 17.1. The van der Waals surface area contributed by atoms with E-state index < -0.39 is 5.60 Å². The van der Waals surface area contributed by atoms with E-state index in [1.54, 1.807) is 4.90 Å². The Bertz CT molecular complexity index is 555. The van der Waals surface area contributed by atoms with Crippen LogP contribution in [0.4, 0.5) is 4.79 Å². The molecule has 0 radical (unpaired) electrons. The minimum atomic E-state index is -0.468. The predicted molar refractivity (Wildman–Crippen MR) is 94.4 cm³/mol. The molecule has 1 atom stereocenters. The second-order valence-corrected chi connectivity index (χ2v) is 7.92. The van der Waals surface area contributed by atoms with Crippen LogP contribution >= 0.6 is 15.9 Å². The molecule has 0 N–H and O–H groups in total. The molecule has 0 spiro atoms. The van der Waals surface area contributed by atoms with Crippen molar-refractivity contribution in [1.29, 1.82) is 0 Å². The molecular weight excluding hydrogens is 358 g/mol. The summed E-state index contributed by atoms with van der Waals surface area (Å²) in [5, 5.41) is 0. The lowest BCUT2D eigenvalue weighted by atomic mass is 9.99. The van der Waals surface area contributed by atoms with Gasteiger partial charge in [0.25, 0.3) is 0 Å². The number of likely N-dealkylation sites (tertiary alicyclic amines) is 1. The van der Waals surface area contributed by atoms with Crippen LogP contribution in [0.1, 0.15) is 46.1 Å². The summed E-state index contributed by atoms with van der Waals surface area (Å²) < 4.78 is 12.8. The van der Waals surface area contributed by atoms with Crippen molar-refractivity contribution < 1.29 is 14.3 Å². The van der Waals surface area contributed by atoms with E-state index in [2.05, 4.69) is 22.9 Å². The fraction of sp³-hybridized carbons (Fsp3) is 0.611. The average Bonchev–Trinajstić information content (AvgIpc) is 2.90. The summed E-state index contributed by atoms with van der Waals surface area (Å²) in [7, 11) is 0. The molecule has 1 aromatic rings. The minimum Gasteiger partial charge on any atom is -0.444 e. The van der Waals surface area contributed by atoms with Gasteiger partial charge in [-0.15, -0.1) is 0 Å². The van der Waals surface area contributed by atoms with Crippen LogP contribution in [0.2, 0.25) is 0 Å². The van der Waals surface area contributed by atoms with Crippen molar-refractivity contribution in [2.75, 3.05) is 13.1 Å². The Morgan fingerprint density at radius 1 is 1.35 bits per heavy atom. The van der Waals surface area contributed by atoms with Crippen molar-refractivity contribution in [3.8, 4) is 0 Å². The Morgan fingerprint density at radius 3 is 2.65 bits per heavy atom. The van der Waals surface area contributed by atoms with Crippen molar-refractivity contribution in [2.24, 2.45) is 0 Å². The van der Waals surface area contributed by atoms with Crippen LogP contribution in [-0.4, -0.2) is 35.3 Å². The molecule has 0 bridgehead atoms. The van der Waals surface area contributed by atoms with E-state index in [9.17, 15) is 4.79 Å². The molecule has 1 aromatic carbocycles. The zero-order valence-corrected chi connectivity index (χ0v) is 16.0. The number of hydrogen-bond donors (Lipinski definition) is 0. The maximum atomic E-state index is 12.2. The summed E-state index contributed by atoms with van der Waals surface area (Å²) in [6.07, 6.45) is 1.46. The van der Waals surface area contributed by atoms with E-state index in [-0.39, 0.29) is 11.7 Å². The summed E-state index contributed by atoms with van der Waals surface area (Å²) in [5.74, 6) is 0. The monoisotopic (exact) mass is 383 g/mol. The SMILES string of the molecule is CCC1(OCc2ccccc2Br)CCN(C(=O)OC(C)(C)C)C1. The highest BCUT2D eigenvalue weighted by molar-refractivity contribution is 9.10. The van der Waals surface area contributed by atoms with Crippen molar-refractivity contribution in [1.82, 2.24) is 4.90 Å². The van der Waals surface area contributed by atoms with Gasteiger partial charge >= 0.3 is 6.09 Å². The topological polar surface area (TPSA) is 38.8 Å². The first-order chi connectivity index (χ1) is 10.7. The van der Waals surface area contributed by atoms with Gasteiger partial charge in [-0.25, -0.2) is 4.79 Å². The lowest BCUT2D eigenvalue weighted by Crippen LogP contribution is -2.40. The maximum absolute atomic E-state index is 12.2. The third-order valence-corrected chi connectivity index (χ3v) is 4.88. The molecule has 4 nitrogen and oxygen atoms in total. The molecule has 1 unspecified atom stereocenters. The van der Waals surface area contributed by atoms with Crippen LogP contribution in [0.25, 0.3) is 0 Å². The highest BCUT2D eigenvalue weighted by atomic mass is 79.9. The summed E-state index contributed by atoms with van der Waals surface area (Å²) in [6, 6.07) is 8.06. The molecule has 23 heavy (non-hydrogen) atoms. The summed E-state index contributed by atoms with van der Waals surface area (Å²) in [6.45, 7) is 9.57. The Labute approximate surface area is 147 Å². The number of ether oxygens (including phenoxy) is 2. The van der Waals surface area contributed by atoms with E-state index in [0.29, 0.717) is 19.7 Å². The Hall–Kier alpha value is -1.07. The third kappa shape index (κ3) is 4.95. The van der Waals surface area contributed by atoms with Crippen LogP contribution < -0.4 is 0 Å². The fourth-order valence-electron chi connectivity index (χ4n) is 2.68. The standard InChI is InChI=1S/C18H26BrNO3/c1-5-18(22-12-14-8-6-7-9-15(14)19)10-11-20(13-18)16(21)23-17(2,3)4/h6-9H,5,10-13H2,1-4H3. The maximum Gasteiger partial charge on any atom is 0.410 e. The van der Waals surface area contributed by atoms with Crippen LogP contribution in [0.15, 0.2) is 28.7 Å². The molecule has 5 heteroatoms. The summed E-state index contributed by atoms with van der Waals surface area (Å²) in [4.78, 5) is 14.0. The molecule has 0 saturated carbocycles. The lowest BCUT2D eigenvalue weighted by molar-refractivity contribution is -0.0529. The van der Waals surface area contributed by atoms with Gasteiger partial charge in [0.1, 0.15) is 5.60 Å². The summed E-state index contributed by atoms with van der Waals surface area (Å²) in [5.41, 5.74) is 0.368. The quantitative estimate of drug-likeness (QED) is 0.752. The fourth-order valence-corrected chi connectivity index (χ4v) is 3.08. The number of rotatable bonds is 4. The second-order valence-electron chi connectivity index (χ2n) is 7.07. The van der Waals surface area contributed by atoms with Gasteiger partial charge in [-0.05, 0) is 45.2 Å². The molecular formula is C18H26BrNO3. The zero-order valence-electron chi connectivity index (χ0n) is 14.4. The van der Waals surface area contributed by atoms with Crippen molar-refractivity contribution >= 4 is 22.0 Å². The Balaban J connectivity index is 1.97. The number of carbonyl (C=O) groups is 1. The van der Waals surface area contributed by atoms with Gasteiger partial charge in [0.05, 0.1) is 18.8 Å². The normalized spacial score (nSPS) is 21.5. The molecule has 1 heterocycles. The van der Waals surface area contributed by atoms with Gasteiger partial charge in [0.2, 0.25) is 0 Å². The van der Waals surface area contributed by atoms with E-state index in [1.165, 1.54) is 0 Å². The van der Waals surface area contributed by atoms with Crippen LogP contribution in [0, 0.1) is 0 Å². The van der Waals surface area contributed by atoms with Crippen LogP contribution in [-0.2, 0) is 16.1 Å². The minimum absolute atomic E-state index is 0.252. The van der Waals surface area contributed by atoms with E-state index in [4.69, 9.17) is 9.47 Å². The second kappa shape index (κ2) is 7.22. The molecule has 2 rings (SSSR count). The number of benzene rings is 1. The lowest BCUT2D eigenvalue weighted by Gasteiger charge is -2.29. The number of amides is 1. The van der Waals surface area contributed by atoms with Crippen LogP contribution in [0.3, 0.4) is 0 Å². The van der Waals surface area contributed by atoms with Gasteiger partial charge in [-0.1, -0.05) is 41.1 Å². The van der Waals surface area contributed by atoms with Gasteiger partial charge in [0, 0.05) is 11.0 Å². The van der Waals surface area contributed by atoms with Crippen molar-refractivity contribution in [2.45, 2.75) is 58.3 Å². The van der Waals surface area contributed by atoms with E-state index in [0.717, 1.165) is 22.9 Å². The van der Waals surface area contributed by atoms with Crippen molar-refractivity contribution in [3.05, 3.63) is 34.3 Å². The predicted octanol–water partition coefficient (Wildman–Crippen LogP) is 4.76. The van der Waals surface area contributed by atoms with Gasteiger partial charge in [-0.3, -0.25) is 0 Å². The first-order valence-corrected chi connectivity index (χ1v) is 8.89. The molecule has 1 aliphatic heterocycles. The number of hydrogen-bond acceptors (Lipinski definition) is 3. The molecule has 1 amide bonds. The van der Waals surface area contributed by atoms with Gasteiger partial charge in [0.15, 0.2) is 0 Å². The average molecular weight is 384 g/mol. The highest BCUT2D eigenvalue weighted by Crippen LogP contribution is 2.31. The molecule has 1 fully saturated rings. The highest BCUT2D eigenvalue weighted by Gasteiger charge is 2.41. The van der Waals surface area contributed by atoms with E-state index in [1.807, 2.05) is 45.0 Å². The molecule has 0 aliphatic carbocycles. The van der Waals surface area contributed by atoms with Gasteiger partial charge in [-0.2, -0.15) is 0 Å². The smallest absolute Gasteiger partial charge is 0.410 e.